The van der Waals surface area contributed by atoms with Crippen molar-refractivity contribution in [1.82, 2.24) is 5.32 Å². The molecule has 0 aliphatic carbocycles. The number of nitrogens with two attached hydrogens (primary N) is 1. The molecular formula is C20H23ClN2O3. The van der Waals surface area contributed by atoms with Crippen molar-refractivity contribution in [2.75, 3.05) is 6.61 Å². The zero-order chi connectivity index (χ0) is 18.9. The average Bonchev–Trinajstić information content (AvgIpc) is 2.60. The summed E-state index contributed by atoms with van der Waals surface area (Å²) in [6.45, 7) is 2.31. The van der Waals surface area contributed by atoms with Gasteiger partial charge in [-0.1, -0.05) is 41.9 Å². The molecule has 2 aromatic rings. The van der Waals surface area contributed by atoms with E-state index in [0.717, 1.165) is 16.9 Å². The van der Waals surface area contributed by atoms with Gasteiger partial charge in [-0.15, -0.1) is 0 Å². The van der Waals surface area contributed by atoms with Gasteiger partial charge in [0, 0.05) is 17.9 Å². The standard InChI is InChI=1S/C20H23ClN2O3/c1-14-12-16(21)9-10-18(14)26-11-5-8-19(24)23-17(20(22)25)13-15-6-3-2-4-7-15/h2-4,6-7,9-10,12,17H,5,8,11,13H2,1H3,(H2,22,25)(H,23,24). The molecule has 6 heteroatoms. The Morgan fingerprint density at radius 3 is 2.58 bits per heavy atom. The van der Waals surface area contributed by atoms with Crippen LogP contribution < -0.4 is 15.8 Å². The Hall–Kier alpha value is -2.53. The topological polar surface area (TPSA) is 81.4 Å². The van der Waals surface area contributed by atoms with Crippen LogP contribution in [0.2, 0.25) is 5.02 Å². The fourth-order valence-corrected chi connectivity index (χ4v) is 2.76. The lowest BCUT2D eigenvalue weighted by molar-refractivity contribution is -0.127. The van der Waals surface area contributed by atoms with Gasteiger partial charge in [-0.3, -0.25) is 9.59 Å². The van der Waals surface area contributed by atoms with Crippen molar-refractivity contribution in [2.24, 2.45) is 5.73 Å². The second-order valence-corrected chi connectivity index (χ2v) is 6.51. The number of carbonyl (C=O) groups excluding carboxylic acids is 2. The highest BCUT2D eigenvalue weighted by atomic mass is 35.5. The van der Waals surface area contributed by atoms with Crippen molar-refractivity contribution in [3.63, 3.8) is 0 Å². The van der Waals surface area contributed by atoms with Crippen LogP contribution in [-0.2, 0) is 16.0 Å². The first kappa shape index (κ1) is 19.8. The van der Waals surface area contributed by atoms with Gasteiger partial charge in [0.2, 0.25) is 11.8 Å². The van der Waals surface area contributed by atoms with Crippen LogP contribution in [0.4, 0.5) is 0 Å². The van der Waals surface area contributed by atoms with Crippen LogP contribution in [0.25, 0.3) is 0 Å². The molecule has 0 saturated heterocycles. The molecular weight excluding hydrogens is 352 g/mol. The first-order valence-electron chi connectivity index (χ1n) is 8.47. The zero-order valence-electron chi connectivity index (χ0n) is 14.7. The quantitative estimate of drug-likeness (QED) is 0.662. The smallest absolute Gasteiger partial charge is 0.240 e. The number of ether oxygens (including phenoxy) is 1. The van der Waals surface area contributed by atoms with Gasteiger partial charge >= 0.3 is 0 Å². The minimum atomic E-state index is -0.718. The summed E-state index contributed by atoms with van der Waals surface area (Å²) < 4.78 is 5.66. The molecule has 0 fully saturated rings. The molecule has 5 nitrogen and oxygen atoms in total. The molecule has 1 unspecified atom stereocenters. The highest BCUT2D eigenvalue weighted by Gasteiger charge is 2.18. The summed E-state index contributed by atoms with van der Waals surface area (Å²) >= 11 is 5.91. The third-order valence-electron chi connectivity index (χ3n) is 3.90. The lowest BCUT2D eigenvalue weighted by Crippen LogP contribution is -2.45. The van der Waals surface area contributed by atoms with Crippen LogP contribution in [-0.4, -0.2) is 24.5 Å². The highest BCUT2D eigenvalue weighted by Crippen LogP contribution is 2.21. The molecule has 0 aliphatic heterocycles. The van der Waals surface area contributed by atoms with Gasteiger partial charge in [-0.2, -0.15) is 0 Å². The zero-order valence-corrected chi connectivity index (χ0v) is 15.5. The summed E-state index contributed by atoms with van der Waals surface area (Å²) in [5, 5.41) is 3.35. The number of hydrogen-bond donors (Lipinski definition) is 2. The third-order valence-corrected chi connectivity index (χ3v) is 4.14. The van der Waals surface area contributed by atoms with E-state index in [1.54, 1.807) is 12.1 Å². The van der Waals surface area contributed by atoms with E-state index in [1.807, 2.05) is 43.3 Å². The number of rotatable bonds is 9. The van der Waals surface area contributed by atoms with Crippen molar-refractivity contribution >= 4 is 23.4 Å². The maximum Gasteiger partial charge on any atom is 0.240 e. The van der Waals surface area contributed by atoms with Crippen LogP contribution >= 0.6 is 11.6 Å². The van der Waals surface area contributed by atoms with Gasteiger partial charge in [0.05, 0.1) is 6.61 Å². The number of amides is 2. The molecule has 2 aromatic carbocycles. The minimum absolute atomic E-state index is 0.221. The molecule has 1 atom stereocenters. The van der Waals surface area contributed by atoms with Crippen molar-refractivity contribution in [1.29, 1.82) is 0 Å². The van der Waals surface area contributed by atoms with Gasteiger partial charge in [0.1, 0.15) is 11.8 Å². The molecule has 0 spiro atoms. The van der Waals surface area contributed by atoms with Crippen molar-refractivity contribution in [3.8, 4) is 5.75 Å². The molecule has 2 rings (SSSR count). The number of nitrogens with one attached hydrogen (secondary N) is 1. The van der Waals surface area contributed by atoms with E-state index in [2.05, 4.69) is 5.32 Å². The van der Waals surface area contributed by atoms with Gasteiger partial charge < -0.3 is 15.8 Å². The summed E-state index contributed by atoms with van der Waals surface area (Å²) in [5.74, 6) is -0.0229. The maximum atomic E-state index is 12.1. The Morgan fingerprint density at radius 1 is 1.19 bits per heavy atom. The lowest BCUT2D eigenvalue weighted by atomic mass is 10.1. The van der Waals surface area contributed by atoms with E-state index in [1.165, 1.54) is 0 Å². The number of primary amides is 1. The largest absolute Gasteiger partial charge is 0.493 e. The van der Waals surface area contributed by atoms with Crippen molar-refractivity contribution < 1.29 is 14.3 Å². The molecule has 138 valence electrons. The van der Waals surface area contributed by atoms with Crippen molar-refractivity contribution in [2.45, 2.75) is 32.2 Å². The second kappa shape index (κ2) is 9.82. The molecule has 2 amide bonds. The van der Waals surface area contributed by atoms with Crippen LogP contribution in [0.5, 0.6) is 5.75 Å². The Bertz CT molecular complexity index is 750. The van der Waals surface area contributed by atoms with Crippen LogP contribution in [0.3, 0.4) is 0 Å². The Labute approximate surface area is 158 Å². The van der Waals surface area contributed by atoms with Crippen LogP contribution in [0.1, 0.15) is 24.0 Å². The predicted molar refractivity (Wildman–Crippen MR) is 102 cm³/mol. The Morgan fingerprint density at radius 2 is 1.92 bits per heavy atom. The number of halogens is 1. The average molecular weight is 375 g/mol. The summed E-state index contributed by atoms with van der Waals surface area (Å²) in [6, 6.07) is 14.1. The maximum absolute atomic E-state index is 12.1. The number of hydrogen-bond acceptors (Lipinski definition) is 3. The molecule has 26 heavy (non-hydrogen) atoms. The summed E-state index contributed by atoms with van der Waals surface area (Å²) in [6.07, 6.45) is 1.16. The summed E-state index contributed by atoms with van der Waals surface area (Å²) in [4.78, 5) is 23.7. The molecule has 0 aromatic heterocycles. The lowest BCUT2D eigenvalue weighted by Gasteiger charge is -2.16. The highest BCUT2D eigenvalue weighted by molar-refractivity contribution is 6.30. The van der Waals surface area contributed by atoms with E-state index >= 15 is 0 Å². The predicted octanol–water partition coefficient (Wildman–Crippen LogP) is 3.02. The van der Waals surface area contributed by atoms with E-state index in [0.29, 0.717) is 24.5 Å². The van der Waals surface area contributed by atoms with Crippen molar-refractivity contribution in [3.05, 3.63) is 64.7 Å². The number of aryl methyl sites for hydroxylation is 1. The SMILES string of the molecule is Cc1cc(Cl)ccc1OCCCC(=O)NC(Cc1ccccc1)C(N)=O. The van der Waals surface area contributed by atoms with Gasteiger partial charge in [-0.05, 0) is 42.7 Å². The number of carbonyl (C=O) groups is 2. The molecule has 0 radical (unpaired) electrons. The van der Waals surface area contributed by atoms with Gasteiger partial charge in [0.15, 0.2) is 0 Å². The first-order valence-corrected chi connectivity index (χ1v) is 8.85. The molecule has 0 saturated carbocycles. The van der Waals surface area contributed by atoms with Crippen LogP contribution in [0.15, 0.2) is 48.5 Å². The fraction of sp³-hybridized carbons (Fsp3) is 0.300. The van der Waals surface area contributed by atoms with E-state index in [4.69, 9.17) is 22.1 Å². The Kier molecular flexibility index (Phi) is 7.48. The van der Waals surface area contributed by atoms with Gasteiger partial charge in [0.25, 0.3) is 0 Å². The normalized spacial score (nSPS) is 11.6. The summed E-state index contributed by atoms with van der Waals surface area (Å²) in [7, 11) is 0. The van der Waals surface area contributed by atoms with Gasteiger partial charge in [-0.25, -0.2) is 0 Å². The summed E-state index contributed by atoms with van der Waals surface area (Å²) in [5.41, 5.74) is 7.29. The Balaban J connectivity index is 1.76. The van der Waals surface area contributed by atoms with E-state index in [9.17, 15) is 9.59 Å². The molecule has 0 heterocycles. The molecule has 0 aliphatic rings. The third kappa shape index (κ3) is 6.41. The molecule has 0 bridgehead atoms. The second-order valence-electron chi connectivity index (χ2n) is 6.07. The van der Waals surface area contributed by atoms with Crippen LogP contribution in [0, 0.1) is 6.92 Å². The van der Waals surface area contributed by atoms with E-state index in [-0.39, 0.29) is 12.3 Å². The minimum Gasteiger partial charge on any atom is -0.493 e. The fourth-order valence-electron chi connectivity index (χ4n) is 2.53. The van der Waals surface area contributed by atoms with E-state index < -0.39 is 11.9 Å². The monoisotopic (exact) mass is 374 g/mol. The molecule has 3 N–H and O–H groups in total. The first-order chi connectivity index (χ1) is 12.5. The number of benzene rings is 2.